The minimum absolute atomic E-state index is 0.194. The summed E-state index contributed by atoms with van der Waals surface area (Å²) in [5.74, 6) is 0.334. The third-order valence-electron chi connectivity index (χ3n) is 3.54. The summed E-state index contributed by atoms with van der Waals surface area (Å²) in [6.07, 6.45) is 3.78. The van der Waals surface area contributed by atoms with Gasteiger partial charge in [0, 0.05) is 6.04 Å². The highest BCUT2D eigenvalue weighted by atomic mass is 16.5. The largest absolute Gasteiger partial charge is 0.496 e. The number of fused-ring (bicyclic) bond motifs is 1. The van der Waals surface area contributed by atoms with E-state index in [4.69, 9.17) is 15.2 Å². The van der Waals surface area contributed by atoms with Gasteiger partial charge in [-0.2, -0.15) is 0 Å². The standard InChI is InChI=1S/C15H21NO3/c1-3-19-15(17)13-8-7-10-9-11(16)5-4-6-12(10)14(13)18-2/h7-8,11H,3-6,9,16H2,1-2H3. The third kappa shape index (κ3) is 2.89. The molecule has 1 aliphatic rings. The molecule has 0 amide bonds. The molecule has 1 atom stereocenters. The highest BCUT2D eigenvalue weighted by Gasteiger charge is 2.22. The van der Waals surface area contributed by atoms with Crippen LogP contribution < -0.4 is 10.5 Å². The molecule has 0 fully saturated rings. The number of hydrogen-bond acceptors (Lipinski definition) is 4. The van der Waals surface area contributed by atoms with E-state index in [1.807, 2.05) is 6.07 Å². The fourth-order valence-corrected chi connectivity index (χ4v) is 2.66. The molecule has 0 heterocycles. The fourth-order valence-electron chi connectivity index (χ4n) is 2.66. The average Bonchev–Trinajstić information content (AvgIpc) is 2.58. The van der Waals surface area contributed by atoms with Crippen LogP contribution in [0.15, 0.2) is 12.1 Å². The number of ether oxygens (including phenoxy) is 2. The number of methoxy groups -OCH3 is 1. The summed E-state index contributed by atoms with van der Waals surface area (Å²) in [4.78, 5) is 11.9. The predicted molar refractivity (Wildman–Crippen MR) is 73.6 cm³/mol. The van der Waals surface area contributed by atoms with Crippen LogP contribution in [-0.4, -0.2) is 25.7 Å². The lowest BCUT2D eigenvalue weighted by Gasteiger charge is -2.15. The molecule has 2 rings (SSSR count). The van der Waals surface area contributed by atoms with Gasteiger partial charge in [-0.05, 0) is 49.8 Å². The Labute approximate surface area is 113 Å². The van der Waals surface area contributed by atoms with E-state index in [0.717, 1.165) is 31.2 Å². The summed E-state index contributed by atoms with van der Waals surface area (Å²) >= 11 is 0. The van der Waals surface area contributed by atoms with Gasteiger partial charge in [0.25, 0.3) is 0 Å². The first-order chi connectivity index (χ1) is 9.17. The van der Waals surface area contributed by atoms with Crippen LogP contribution in [0.4, 0.5) is 0 Å². The van der Waals surface area contributed by atoms with E-state index in [1.165, 1.54) is 5.56 Å². The maximum Gasteiger partial charge on any atom is 0.341 e. The summed E-state index contributed by atoms with van der Waals surface area (Å²) in [6, 6.07) is 3.96. The zero-order chi connectivity index (χ0) is 13.8. The molecule has 0 radical (unpaired) electrons. The van der Waals surface area contributed by atoms with Crippen LogP contribution in [0.25, 0.3) is 0 Å². The van der Waals surface area contributed by atoms with Crippen molar-refractivity contribution < 1.29 is 14.3 Å². The van der Waals surface area contributed by atoms with Gasteiger partial charge in [-0.25, -0.2) is 4.79 Å². The molecule has 1 aliphatic carbocycles. The lowest BCUT2D eigenvalue weighted by atomic mass is 9.97. The van der Waals surface area contributed by atoms with Crippen LogP contribution in [0.3, 0.4) is 0 Å². The molecule has 19 heavy (non-hydrogen) atoms. The normalized spacial score (nSPS) is 18.4. The van der Waals surface area contributed by atoms with E-state index in [9.17, 15) is 4.79 Å². The molecule has 4 nitrogen and oxygen atoms in total. The van der Waals surface area contributed by atoms with E-state index in [2.05, 4.69) is 0 Å². The van der Waals surface area contributed by atoms with E-state index < -0.39 is 0 Å². The van der Waals surface area contributed by atoms with Crippen LogP contribution in [0.1, 0.15) is 41.3 Å². The van der Waals surface area contributed by atoms with Gasteiger partial charge >= 0.3 is 5.97 Å². The van der Waals surface area contributed by atoms with Gasteiger partial charge in [-0.1, -0.05) is 6.07 Å². The van der Waals surface area contributed by atoms with Crippen molar-refractivity contribution in [1.82, 2.24) is 0 Å². The van der Waals surface area contributed by atoms with E-state index in [-0.39, 0.29) is 12.0 Å². The van der Waals surface area contributed by atoms with E-state index in [0.29, 0.717) is 17.9 Å². The molecule has 0 bridgehead atoms. The molecule has 1 aromatic rings. The summed E-state index contributed by atoms with van der Waals surface area (Å²) < 4.78 is 10.5. The Morgan fingerprint density at radius 2 is 2.26 bits per heavy atom. The number of carbonyl (C=O) groups is 1. The predicted octanol–water partition coefficient (Wildman–Crippen LogP) is 2.08. The van der Waals surface area contributed by atoms with Crippen molar-refractivity contribution in [3.05, 3.63) is 28.8 Å². The number of carbonyl (C=O) groups excluding carboxylic acids is 1. The van der Waals surface area contributed by atoms with Crippen LogP contribution in [-0.2, 0) is 17.6 Å². The second kappa shape index (κ2) is 6.06. The Hall–Kier alpha value is -1.55. The number of benzene rings is 1. The SMILES string of the molecule is CCOC(=O)c1ccc2c(c1OC)CCCC(N)C2. The monoisotopic (exact) mass is 263 g/mol. The van der Waals surface area contributed by atoms with E-state index >= 15 is 0 Å². The van der Waals surface area contributed by atoms with Gasteiger partial charge < -0.3 is 15.2 Å². The molecule has 0 saturated carbocycles. The van der Waals surface area contributed by atoms with Crippen molar-refractivity contribution in [2.75, 3.05) is 13.7 Å². The first kappa shape index (κ1) is 13.9. The topological polar surface area (TPSA) is 61.5 Å². The van der Waals surface area contributed by atoms with E-state index in [1.54, 1.807) is 20.1 Å². The zero-order valence-corrected chi connectivity index (χ0v) is 11.6. The Bertz CT molecular complexity index is 471. The highest BCUT2D eigenvalue weighted by molar-refractivity contribution is 5.93. The number of esters is 1. The Kier molecular flexibility index (Phi) is 4.43. The average molecular weight is 263 g/mol. The second-order valence-electron chi connectivity index (χ2n) is 4.86. The summed E-state index contributed by atoms with van der Waals surface area (Å²) in [5.41, 5.74) is 8.87. The van der Waals surface area contributed by atoms with Crippen molar-refractivity contribution in [2.24, 2.45) is 5.73 Å². The number of nitrogens with two attached hydrogens (primary N) is 1. The maximum absolute atomic E-state index is 11.9. The fraction of sp³-hybridized carbons (Fsp3) is 0.533. The lowest BCUT2D eigenvalue weighted by Crippen LogP contribution is -2.21. The molecule has 1 aromatic carbocycles. The zero-order valence-electron chi connectivity index (χ0n) is 11.6. The quantitative estimate of drug-likeness (QED) is 0.670. The Morgan fingerprint density at radius 3 is 2.95 bits per heavy atom. The molecule has 104 valence electrons. The minimum atomic E-state index is -0.323. The third-order valence-corrected chi connectivity index (χ3v) is 3.54. The molecular formula is C15H21NO3. The number of rotatable bonds is 3. The molecule has 0 spiro atoms. The van der Waals surface area contributed by atoms with Gasteiger partial charge in [-0.3, -0.25) is 0 Å². The molecule has 2 N–H and O–H groups in total. The Balaban J connectivity index is 2.43. The van der Waals surface area contributed by atoms with Crippen LogP contribution in [0.5, 0.6) is 5.75 Å². The molecule has 4 heteroatoms. The van der Waals surface area contributed by atoms with Gasteiger partial charge in [-0.15, -0.1) is 0 Å². The second-order valence-corrected chi connectivity index (χ2v) is 4.86. The van der Waals surface area contributed by atoms with Crippen LogP contribution in [0.2, 0.25) is 0 Å². The Morgan fingerprint density at radius 1 is 1.47 bits per heavy atom. The first-order valence-electron chi connectivity index (χ1n) is 6.78. The summed E-state index contributed by atoms with van der Waals surface area (Å²) in [6.45, 7) is 2.16. The van der Waals surface area contributed by atoms with Crippen molar-refractivity contribution in [1.29, 1.82) is 0 Å². The van der Waals surface area contributed by atoms with Crippen molar-refractivity contribution in [2.45, 2.75) is 38.6 Å². The minimum Gasteiger partial charge on any atom is -0.496 e. The highest BCUT2D eigenvalue weighted by Crippen LogP contribution is 2.32. The van der Waals surface area contributed by atoms with Crippen LogP contribution >= 0.6 is 0 Å². The van der Waals surface area contributed by atoms with Crippen molar-refractivity contribution >= 4 is 5.97 Å². The van der Waals surface area contributed by atoms with Gasteiger partial charge in [0.1, 0.15) is 11.3 Å². The lowest BCUT2D eigenvalue weighted by molar-refractivity contribution is 0.0522. The molecule has 0 aromatic heterocycles. The van der Waals surface area contributed by atoms with Gasteiger partial charge in [0.05, 0.1) is 13.7 Å². The van der Waals surface area contributed by atoms with Crippen molar-refractivity contribution in [3.8, 4) is 5.75 Å². The summed E-state index contributed by atoms with van der Waals surface area (Å²) in [5, 5.41) is 0. The molecule has 0 saturated heterocycles. The molecular weight excluding hydrogens is 242 g/mol. The molecule has 0 aliphatic heterocycles. The van der Waals surface area contributed by atoms with Crippen LogP contribution in [0, 0.1) is 0 Å². The first-order valence-corrected chi connectivity index (χ1v) is 6.78. The summed E-state index contributed by atoms with van der Waals surface area (Å²) in [7, 11) is 1.60. The number of hydrogen-bond donors (Lipinski definition) is 1. The van der Waals surface area contributed by atoms with Gasteiger partial charge in [0.15, 0.2) is 0 Å². The maximum atomic E-state index is 11.9. The smallest absolute Gasteiger partial charge is 0.341 e. The van der Waals surface area contributed by atoms with Gasteiger partial charge in [0.2, 0.25) is 0 Å². The van der Waals surface area contributed by atoms with Crippen molar-refractivity contribution in [3.63, 3.8) is 0 Å². The molecule has 1 unspecified atom stereocenters.